The molecule has 2 aliphatic rings. The van der Waals surface area contributed by atoms with E-state index in [9.17, 15) is 14.7 Å². The van der Waals surface area contributed by atoms with Gasteiger partial charge in [-0.05, 0) is 49.2 Å². The second-order valence-electron chi connectivity index (χ2n) is 8.05. The molecule has 1 amide bonds. The molecule has 0 aliphatic carbocycles. The van der Waals surface area contributed by atoms with E-state index in [1.807, 2.05) is 6.92 Å². The summed E-state index contributed by atoms with van der Waals surface area (Å²) in [7, 11) is 0. The minimum Gasteiger partial charge on any atom is -0.507 e. The third-order valence-corrected chi connectivity index (χ3v) is 6.47. The standard InChI is InChI=1S/C25H23N3O6S/c1-3-9-32-17-6-4-5-15(12-17)21-20(23(30)24(31)28(21)25-27-26-14(2)35-25)22(29)16-7-8-18-19(13-16)34-11-10-33-18/h4-8,12-13,21,29H,3,9-11H2,1-2H3/b22-20+/t21-/m0/s1. The van der Waals surface area contributed by atoms with Crippen molar-refractivity contribution < 1.29 is 28.9 Å². The van der Waals surface area contributed by atoms with Gasteiger partial charge in [-0.2, -0.15) is 0 Å². The molecule has 0 unspecified atom stereocenters. The zero-order valence-electron chi connectivity index (χ0n) is 19.2. The summed E-state index contributed by atoms with van der Waals surface area (Å²) in [6.07, 6.45) is 0.830. The quantitative estimate of drug-likeness (QED) is 0.311. The van der Waals surface area contributed by atoms with Gasteiger partial charge in [0.2, 0.25) is 5.13 Å². The lowest BCUT2D eigenvalue weighted by molar-refractivity contribution is -0.132. The number of anilines is 1. The summed E-state index contributed by atoms with van der Waals surface area (Å²) in [5, 5.41) is 20.4. The molecule has 2 aromatic carbocycles. The number of rotatable bonds is 6. The van der Waals surface area contributed by atoms with Gasteiger partial charge in [0, 0.05) is 5.56 Å². The summed E-state index contributed by atoms with van der Waals surface area (Å²) in [6.45, 7) is 5.10. The first kappa shape index (κ1) is 22.9. The monoisotopic (exact) mass is 493 g/mol. The highest BCUT2D eigenvalue weighted by atomic mass is 32.1. The van der Waals surface area contributed by atoms with E-state index in [2.05, 4.69) is 10.2 Å². The predicted octanol–water partition coefficient (Wildman–Crippen LogP) is 4.03. The molecular formula is C25H23N3O6S. The van der Waals surface area contributed by atoms with Crippen molar-refractivity contribution in [3.05, 3.63) is 64.2 Å². The number of aromatic nitrogens is 2. The maximum atomic E-state index is 13.3. The maximum absolute atomic E-state index is 13.3. The number of amides is 1. The third kappa shape index (κ3) is 4.21. The summed E-state index contributed by atoms with van der Waals surface area (Å²) in [5.41, 5.74) is 0.890. The summed E-state index contributed by atoms with van der Waals surface area (Å²) >= 11 is 1.19. The van der Waals surface area contributed by atoms with Crippen LogP contribution in [0.3, 0.4) is 0 Å². The van der Waals surface area contributed by atoms with Gasteiger partial charge in [0.25, 0.3) is 5.78 Å². The van der Waals surface area contributed by atoms with Gasteiger partial charge < -0.3 is 19.3 Å². The molecule has 9 nitrogen and oxygen atoms in total. The van der Waals surface area contributed by atoms with Crippen LogP contribution in [0.15, 0.2) is 48.0 Å². The number of ketones is 1. The fourth-order valence-electron chi connectivity index (χ4n) is 4.07. The molecule has 0 bridgehead atoms. The SMILES string of the molecule is CCCOc1cccc([C@H]2/C(=C(\O)c3ccc4c(c3)OCCO4)C(=O)C(=O)N2c2nnc(C)s2)c1. The Bertz CT molecular complexity index is 1330. The highest BCUT2D eigenvalue weighted by molar-refractivity contribution is 7.15. The van der Waals surface area contributed by atoms with E-state index in [1.165, 1.54) is 16.2 Å². The Balaban J connectivity index is 1.66. The van der Waals surface area contributed by atoms with Crippen LogP contribution in [0.4, 0.5) is 5.13 Å². The molecule has 35 heavy (non-hydrogen) atoms. The van der Waals surface area contributed by atoms with Crippen LogP contribution in [0.25, 0.3) is 5.76 Å². The Morgan fingerprint density at radius 3 is 2.69 bits per heavy atom. The van der Waals surface area contributed by atoms with E-state index >= 15 is 0 Å². The molecule has 1 saturated heterocycles. The van der Waals surface area contributed by atoms with Gasteiger partial charge in [0.05, 0.1) is 18.2 Å². The molecular weight excluding hydrogens is 470 g/mol. The lowest BCUT2D eigenvalue weighted by Crippen LogP contribution is -2.29. The van der Waals surface area contributed by atoms with Gasteiger partial charge in [-0.25, -0.2) is 0 Å². The molecule has 180 valence electrons. The van der Waals surface area contributed by atoms with E-state index in [0.29, 0.717) is 53.2 Å². The summed E-state index contributed by atoms with van der Waals surface area (Å²) in [4.78, 5) is 27.8. The van der Waals surface area contributed by atoms with Crippen LogP contribution < -0.4 is 19.1 Å². The number of hydrogen-bond donors (Lipinski definition) is 1. The topological polar surface area (TPSA) is 111 Å². The van der Waals surface area contributed by atoms with Gasteiger partial charge >= 0.3 is 5.91 Å². The molecule has 3 aromatic rings. The molecule has 1 aromatic heterocycles. The van der Waals surface area contributed by atoms with E-state index in [1.54, 1.807) is 49.4 Å². The normalized spacial score (nSPS) is 18.7. The molecule has 1 fully saturated rings. The fourth-order valence-corrected chi connectivity index (χ4v) is 4.78. The van der Waals surface area contributed by atoms with Crippen LogP contribution in [0, 0.1) is 6.92 Å². The molecule has 1 N–H and O–H groups in total. The minimum atomic E-state index is -0.916. The van der Waals surface area contributed by atoms with E-state index in [0.717, 1.165) is 6.42 Å². The molecule has 0 saturated carbocycles. The predicted molar refractivity (Wildman–Crippen MR) is 129 cm³/mol. The number of ether oxygens (including phenoxy) is 3. The Hall–Kier alpha value is -3.92. The van der Waals surface area contributed by atoms with Crippen LogP contribution in [0.1, 0.15) is 35.5 Å². The number of benzene rings is 2. The maximum Gasteiger partial charge on any atom is 0.301 e. The molecule has 3 heterocycles. The summed E-state index contributed by atoms with van der Waals surface area (Å²) in [6, 6.07) is 11.1. The van der Waals surface area contributed by atoms with Crippen LogP contribution in [0.5, 0.6) is 17.2 Å². The lowest BCUT2D eigenvalue weighted by Gasteiger charge is -2.23. The van der Waals surface area contributed by atoms with E-state index in [-0.39, 0.29) is 16.5 Å². The van der Waals surface area contributed by atoms with Crippen molar-refractivity contribution in [3.8, 4) is 17.2 Å². The Morgan fingerprint density at radius 1 is 1.14 bits per heavy atom. The number of nitrogens with zero attached hydrogens (tertiary/aromatic N) is 3. The van der Waals surface area contributed by atoms with Crippen molar-refractivity contribution in [3.63, 3.8) is 0 Å². The molecule has 0 spiro atoms. The van der Waals surface area contributed by atoms with Crippen molar-refractivity contribution in [1.82, 2.24) is 10.2 Å². The van der Waals surface area contributed by atoms with Crippen LogP contribution in [-0.4, -0.2) is 46.8 Å². The minimum absolute atomic E-state index is 0.0489. The Kier molecular flexibility index (Phi) is 6.12. The number of carbonyl (C=O) groups is 2. The first-order valence-corrected chi connectivity index (χ1v) is 12.0. The fraction of sp³-hybridized carbons (Fsp3) is 0.280. The number of Topliss-reactive ketones (excluding diaryl/α,β-unsaturated/α-hetero) is 1. The number of carbonyl (C=O) groups excluding carboxylic acids is 2. The van der Waals surface area contributed by atoms with Gasteiger partial charge in [-0.15, -0.1) is 10.2 Å². The Morgan fingerprint density at radius 2 is 1.94 bits per heavy atom. The van der Waals surface area contributed by atoms with Crippen LogP contribution in [-0.2, 0) is 9.59 Å². The Labute approximate surface area is 205 Å². The highest BCUT2D eigenvalue weighted by Crippen LogP contribution is 2.44. The molecule has 1 atom stereocenters. The number of hydrogen-bond acceptors (Lipinski definition) is 9. The smallest absolute Gasteiger partial charge is 0.301 e. The zero-order valence-corrected chi connectivity index (χ0v) is 20.0. The second kappa shape index (κ2) is 9.38. The number of fused-ring (bicyclic) bond motifs is 1. The van der Waals surface area contributed by atoms with Crippen molar-refractivity contribution in [2.45, 2.75) is 26.3 Å². The number of aryl methyl sites for hydroxylation is 1. The third-order valence-electron chi connectivity index (χ3n) is 5.63. The molecule has 10 heteroatoms. The van der Waals surface area contributed by atoms with Gasteiger partial charge in [0.1, 0.15) is 29.7 Å². The largest absolute Gasteiger partial charge is 0.507 e. The van der Waals surface area contributed by atoms with Crippen molar-refractivity contribution >= 4 is 33.9 Å². The zero-order chi connectivity index (χ0) is 24.5. The highest BCUT2D eigenvalue weighted by Gasteiger charge is 2.48. The second-order valence-corrected chi connectivity index (χ2v) is 9.21. The van der Waals surface area contributed by atoms with Crippen molar-refractivity contribution in [1.29, 1.82) is 0 Å². The first-order chi connectivity index (χ1) is 17.0. The van der Waals surface area contributed by atoms with Gasteiger partial charge in [-0.3, -0.25) is 14.5 Å². The summed E-state index contributed by atoms with van der Waals surface area (Å²) < 4.78 is 17.0. The van der Waals surface area contributed by atoms with Gasteiger partial charge in [0.15, 0.2) is 11.5 Å². The molecule has 0 radical (unpaired) electrons. The summed E-state index contributed by atoms with van der Waals surface area (Å²) in [5.74, 6) is -0.299. The van der Waals surface area contributed by atoms with Crippen molar-refractivity contribution in [2.24, 2.45) is 0 Å². The first-order valence-electron chi connectivity index (χ1n) is 11.2. The van der Waals surface area contributed by atoms with Crippen LogP contribution in [0.2, 0.25) is 0 Å². The molecule has 2 aliphatic heterocycles. The average molecular weight is 494 g/mol. The van der Waals surface area contributed by atoms with E-state index < -0.39 is 17.7 Å². The lowest BCUT2D eigenvalue weighted by atomic mass is 9.95. The number of aliphatic hydroxyl groups is 1. The van der Waals surface area contributed by atoms with E-state index in [4.69, 9.17) is 14.2 Å². The van der Waals surface area contributed by atoms with Crippen molar-refractivity contribution in [2.75, 3.05) is 24.7 Å². The number of aliphatic hydroxyl groups excluding tert-OH is 1. The molecule has 5 rings (SSSR count). The van der Waals surface area contributed by atoms with Crippen LogP contribution >= 0.6 is 11.3 Å². The average Bonchev–Trinajstić information content (AvgIpc) is 3.42. The van der Waals surface area contributed by atoms with Gasteiger partial charge in [-0.1, -0.05) is 30.4 Å².